The van der Waals surface area contributed by atoms with Crippen molar-refractivity contribution >= 4 is 11.8 Å². The average Bonchev–Trinajstić information content (AvgIpc) is 2.39. The first-order valence-corrected chi connectivity index (χ1v) is 7.11. The largest absolute Gasteiger partial charge is 0.310 e. The first-order valence-electron chi connectivity index (χ1n) is 6.29. The van der Waals surface area contributed by atoms with Crippen molar-refractivity contribution in [1.29, 1.82) is 0 Å². The lowest BCUT2D eigenvalue weighted by molar-refractivity contribution is 0.574. The number of nitrogens with one attached hydrogen (secondary N) is 2. The monoisotopic (exact) mass is 293 g/mol. The summed E-state index contributed by atoms with van der Waals surface area (Å²) < 4.78 is 14.0. The minimum absolute atomic E-state index is 0.249. The van der Waals surface area contributed by atoms with Gasteiger partial charge in [-0.2, -0.15) is 0 Å². The first kappa shape index (κ1) is 14.7. The molecule has 0 amide bonds. The van der Waals surface area contributed by atoms with Gasteiger partial charge in [-0.25, -0.2) is 9.37 Å². The van der Waals surface area contributed by atoms with Crippen LogP contribution in [0.3, 0.4) is 0 Å². The zero-order valence-electron chi connectivity index (χ0n) is 11.3. The van der Waals surface area contributed by atoms with Gasteiger partial charge in [0.1, 0.15) is 5.82 Å². The fourth-order valence-electron chi connectivity index (χ4n) is 1.57. The summed E-state index contributed by atoms with van der Waals surface area (Å²) in [5, 5.41) is 3.61. The maximum Gasteiger partial charge on any atom is 0.251 e. The highest BCUT2D eigenvalue weighted by Gasteiger charge is 2.07. The summed E-state index contributed by atoms with van der Waals surface area (Å²) in [6.07, 6.45) is 1.40. The zero-order valence-corrected chi connectivity index (χ0v) is 12.1. The number of nitrogens with zero attached hydrogens (tertiary/aromatic N) is 1. The molecule has 0 atom stereocenters. The maximum absolute atomic E-state index is 14.0. The van der Waals surface area contributed by atoms with Crippen molar-refractivity contribution in [2.75, 3.05) is 0 Å². The van der Waals surface area contributed by atoms with Crippen LogP contribution in [-0.2, 0) is 6.54 Å². The van der Waals surface area contributed by atoms with E-state index < -0.39 is 0 Å². The van der Waals surface area contributed by atoms with Crippen molar-refractivity contribution in [3.8, 4) is 0 Å². The predicted molar refractivity (Wildman–Crippen MR) is 77.4 cm³/mol. The fraction of sp³-hybridized carbons (Fsp3) is 0.286. The molecule has 1 aromatic heterocycles. The molecule has 0 unspecified atom stereocenters. The van der Waals surface area contributed by atoms with Crippen LogP contribution in [0.15, 0.2) is 45.3 Å². The molecular weight excluding hydrogens is 277 g/mol. The van der Waals surface area contributed by atoms with E-state index in [1.54, 1.807) is 6.07 Å². The van der Waals surface area contributed by atoms with Gasteiger partial charge in [-0.15, -0.1) is 0 Å². The molecule has 0 saturated heterocycles. The molecule has 0 bridgehead atoms. The van der Waals surface area contributed by atoms with E-state index in [0.717, 1.165) is 17.3 Å². The molecule has 1 heterocycles. The van der Waals surface area contributed by atoms with Crippen molar-refractivity contribution in [1.82, 2.24) is 15.3 Å². The molecule has 2 N–H and O–H groups in total. The van der Waals surface area contributed by atoms with Gasteiger partial charge in [-0.3, -0.25) is 4.79 Å². The van der Waals surface area contributed by atoms with Crippen molar-refractivity contribution in [2.45, 2.75) is 36.5 Å². The van der Waals surface area contributed by atoms with E-state index in [9.17, 15) is 9.18 Å². The second-order valence-electron chi connectivity index (χ2n) is 4.64. The third-order valence-corrected chi connectivity index (χ3v) is 3.52. The number of H-pyrrole nitrogens is 1. The Morgan fingerprint density at radius 1 is 1.40 bits per heavy atom. The van der Waals surface area contributed by atoms with Crippen LogP contribution in [-0.4, -0.2) is 16.0 Å². The Morgan fingerprint density at radius 3 is 2.85 bits per heavy atom. The molecule has 2 rings (SSSR count). The second-order valence-corrected chi connectivity index (χ2v) is 5.67. The number of aromatic amines is 1. The van der Waals surface area contributed by atoms with Crippen LogP contribution in [0.2, 0.25) is 0 Å². The lowest BCUT2D eigenvalue weighted by Gasteiger charge is -2.09. The highest BCUT2D eigenvalue weighted by molar-refractivity contribution is 7.99. The summed E-state index contributed by atoms with van der Waals surface area (Å²) in [6, 6.07) is 6.73. The number of hydrogen-bond acceptors (Lipinski definition) is 4. The van der Waals surface area contributed by atoms with Crippen LogP contribution in [0, 0.1) is 5.82 Å². The van der Waals surface area contributed by atoms with Crippen LogP contribution in [0.5, 0.6) is 0 Å². The molecule has 0 saturated carbocycles. The predicted octanol–water partition coefficient (Wildman–Crippen LogP) is 2.56. The lowest BCUT2D eigenvalue weighted by Crippen LogP contribution is -2.21. The average molecular weight is 293 g/mol. The minimum Gasteiger partial charge on any atom is -0.310 e. The Bertz CT molecular complexity index is 642. The SMILES string of the molecule is CC(C)NCc1ccc(Sc2nccc(=O)[nH]2)c(F)c1. The summed E-state index contributed by atoms with van der Waals surface area (Å²) in [6.45, 7) is 4.70. The number of aromatic nitrogens is 2. The summed E-state index contributed by atoms with van der Waals surface area (Å²) >= 11 is 1.10. The van der Waals surface area contributed by atoms with Gasteiger partial charge in [-0.1, -0.05) is 19.9 Å². The van der Waals surface area contributed by atoms with E-state index in [1.165, 1.54) is 18.3 Å². The molecule has 6 heteroatoms. The van der Waals surface area contributed by atoms with E-state index in [0.29, 0.717) is 22.6 Å². The molecule has 0 fully saturated rings. The fourth-order valence-corrected chi connectivity index (χ4v) is 2.33. The van der Waals surface area contributed by atoms with Gasteiger partial charge in [-0.05, 0) is 29.5 Å². The number of benzene rings is 1. The molecule has 4 nitrogen and oxygen atoms in total. The smallest absolute Gasteiger partial charge is 0.251 e. The van der Waals surface area contributed by atoms with Crippen molar-refractivity contribution in [2.24, 2.45) is 0 Å². The lowest BCUT2D eigenvalue weighted by atomic mass is 10.2. The summed E-state index contributed by atoms with van der Waals surface area (Å²) in [5.74, 6) is -0.315. The zero-order chi connectivity index (χ0) is 14.5. The Hall–Kier alpha value is -1.66. The van der Waals surface area contributed by atoms with Crippen molar-refractivity contribution in [3.63, 3.8) is 0 Å². The van der Waals surface area contributed by atoms with E-state index in [1.807, 2.05) is 19.9 Å². The van der Waals surface area contributed by atoms with Gasteiger partial charge in [0.2, 0.25) is 0 Å². The van der Waals surface area contributed by atoms with Gasteiger partial charge >= 0.3 is 0 Å². The normalized spacial score (nSPS) is 11.0. The first-order chi connectivity index (χ1) is 9.54. The second kappa shape index (κ2) is 6.67. The number of halogens is 1. The quantitative estimate of drug-likeness (QED) is 0.832. The van der Waals surface area contributed by atoms with Gasteiger partial charge in [0.25, 0.3) is 5.56 Å². The summed E-state index contributed by atoms with van der Waals surface area (Å²) in [7, 11) is 0. The molecular formula is C14H16FN3OS. The van der Waals surface area contributed by atoms with E-state index in [2.05, 4.69) is 15.3 Å². The van der Waals surface area contributed by atoms with Crippen molar-refractivity contribution in [3.05, 3.63) is 52.2 Å². The minimum atomic E-state index is -0.315. The summed E-state index contributed by atoms with van der Waals surface area (Å²) in [5.41, 5.74) is 0.635. The van der Waals surface area contributed by atoms with E-state index >= 15 is 0 Å². The molecule has 0 aliphatic heterocycles. The Labute approximate surface area is 120 Å². The van der Waals surface area contributed by atoms with Crippen molar-refractivity contribution < 1.29 is 4.39 Å². The highest BCUT2D eigenvalue weighted by Crippen LogP contribution is 2.26. The molecule has 106 valence electrons. The van der Waals surface area contributed by atoms with Gasteiger partial charge in [0.05, 0.1) is 4.90 Å². The van der Waals surface area contributed by atoms with Crippen LogP contribution < -0.4 is 10.9 Å². The van der Waals surface area contributed by atoms with Gasteiger partial charge < -0.3 is 10.3 Å². The van der Waals surface area contributed by atoms with Gasteiger partial charge in [0, 0.05) is 24.8 Å². The van der Waals surface area contributed by atoms with Crippen LogP contribution in [0.4, 0.5) is 4.39 Å². The van der Waals surface area contributed by atoms with E-state index in [4.69, 9.17) is 0 Å². The molecule has 0 aliphatic rings. The highest BCUT2D eigenvalue weighted by atomic mass is 32.2. The summed E-state index contributed by atoms with van der Waals surface area (Å²) in [4.78, 5) is 18.1. The standard InChI is InChI=1S/C14H16FN3OS/c1-9(2)17-8-10-3-4-12(11(15)7-10)20-14-16-6-5-13(19)18-14/h3-7,9,17H,8H2,1-2H3,(H,16,18,19). The molecule has 20 heavy (non-hydrogen) atoms. The number of hydrogen-bond donors (Lipinski definition) is 2. The molecule has 0 radical (unpaired) electrons. The third-order valence-electron chi connectivity index (χ3n) is 2.57. The van der Waals surface area contributed by atoms with Crippen LogP contribution in [0.1, 0.15) is 19.4 Å². The van der Waals surface area contributed by atoms with Gasteiger partial charge in [0.15, 0.2) is 5.16 Å². The maximum atomic E-state index is 14.0. The Balaban J connectivity index is 2.11. The topological polar surface area (TPSA) is 57.8 Å². The third kappa shape index (κ3) is 4.18. The Kier molecular flexibility index (Phi) is 4.92. The molecule has 0 aliphatic carbocycles. The van der Waals surface area contributed by atoms with Crippen LogP contribution in [0.25, 0.3) is 0 Å². The molecule has 2 aromatic rings. The Morgan fingerprint density at radius 2 is 2.20 bits per heavy atom. The molecule has 1 aromatic carbocycles. The number of rotatable bonds is 5. The van der Waals surface area contributed by atoms with Crippen LogP contribution >= 0.6 is 11.8 Å². The molecule has 0 spiro atoms. The van der Waals surface area contributed by atoms with E-state index in [-0.39, 0.29) is 11.4 Å².